The molecule has 56 valence electrons. The summed E-state index contributed by atoms with van der Waals surface area (Å²) in [5.41, 5.74) is 6.38. The number of hydrogen-bond donors (Lipinski definition) is 2. The van der Waals surface area contributed by atoms with Gasteiger partial charge in [-0.25, -0.2) is 0 Å². The first-order valence-electron chi connectivity index (χ1n) is 3.10. The maximum atomic E-state index is 8.66. The van der Waals surface area contributed by atoms with Crippen molar-refractivity contribution in [1.29, 1.82) is 0 Å². The van der Waals surface area contributed by atoms with Crippen molar-refractivity contribution in [2.24, 2.45) is 12.8 Å². The summed E-state index contributed by atoms with van der Waals surface area (Å²) < 4.78 is 1.65. The first-order valence-corrected chi connectivity index (χ1v) is 3.10. The lowest BCUT2D eigenvalue weighted by atomic mass is 10.2. The van der Waals surface area contributed by atoms with Gasteiger partial charge in [-0.15, -0.1) is 0 Å². The molecule has 4 nitrogen and oxygen atoms in total. The third kappa shape index (κ3) is 1.17. The molecule has 0 saturated carbocycles. The van der Waals surface area contributed by atoms with Gasteiger partial charge in [-0.05, 0) is 6.07 Å². The van der Waals surface area contributed by atoms with Crippen LogP contribution < -0.4 is 5.73 Å². The summed E-state index contributed by atoms with van der Waals surface area (Å²) in [6.07, 6.45) is 1.66. The number of aryl methyl sites for hydroxylation is 1. The molecule has 1 rings (SSSR count). The topological polar surface area (TPSA) is 64.1 Å². The van der Waals surface area contributed by atoms with Gasteiger partial charge in [0, 0.05) is 13.2 Å². The van der Waals surface area contributed by atoms with Crippen LogP contribution >= 0.6 is 0 Å². The minimum Gasteiger partial charge on any atom is -0.394 e. The first kappa shape index (κ1) is 7.24. The Morgan fingerprint density at radius 2 is 2.60 bits per heavy atom. The van der Waals surface area contributed by atoms with E-state index in [0.717, 1.165) is 5.69 Å². The zero-order valence-corrected chi connectivity index (χ0v) is 5.86. The Morgan fingerprint density at radius 1 is 1.90 bits per heavy atom. The Labute approximate surface area is 59.3 Å². The third-order valence-electron chi connectivity index (χ3n) is 1.44. The third-order valence-corrected chi connectivity index (χ3v) is 1.44. The maximum Gasteiger partial charge on any atom is 0.0701 e. The molecule has 1 atom stereocenters. The summed E-state index contributed by atoms with van der Waals surface area (Å²) in [6.45, 7) is -0.0421. The van der Waals surface area contributed by atoms with E-state index in [1.54, 1.807) is 24.0 Å². The minimum absolute atomic E-state index is 0.0421. The van der Waals surface area contributed by atoms with Crippen molar-refractivity contribution < 1.29 is 5.11 Å². The second-order valence-corrected chi connectivity index (χ2v) is 2.17. The first-order chi connectivity index (χ1) is 4.75. The molecular formula is C6H11N3O. The molecule has 0 bridgehead atoms. The van der Waals surface area contributed by atoms with E-state index in [9.17, 15) is 0 Å². The summed E-state index contributed by atoms with van der Waals surface area (Å²) in [7, 11) is 1.80. The second-order valence-electron chi connectivity index (χ2n) is 2.17. The molecule has 1 aromatic rings. The van der Waals surface area contributed by atoms with Crippen molar-refractivity contribution in [3.05, 3.63) is 18.0 Å². The number of rotatable bonds is 2. The van der Waals surface area contributed by atoms with Gasteiger partial charge in [0.2, 0.25) is 0 Å². The largest absolute Gasteiger partial charge is 0.394 e. The van der Waals surface area contributed by atoms with Gasteiger partial charge in [0.25, 0.3) is 0 Å². The summed E-state index contributed by atoms with van der Waals surface area (Å²) in [5.74, 6) is 0. The molecule has 0 spiro atoms. The van der Waals surface area contributed by atoms with Gasteiger partial charge in [0.05, 0.1) is 18.3 Å². The zero-order chi connectivity index (χ0) is 7.56. The van der Waals surface area contributed by atoms with Crippen LogP contribution in [0.4, 0.5) is 0 Å². The van der Waals surface area contributed by atoms with E-state index in [4.69, 9.17) is 10.8 Å². The van der Waals surface area contributed by atoms with Crippen molar-refractivity contribution in [3.8, 4) is 0 Å². The Kier molecular flexibility index (Phi) is 2.03. The standard InChI is InChI=1S/C6H11N3O/c1-9-6(2-3-8-9)5(7)4-10/h2-3,5,10H,4,7H2,1H3/t5-/m1/s1. The number of aromatic nitrogens is 2. The number of nitrogens with zero attached hydrogens (tertiary/aromatic N) is 2. The summed E-state index contributed by atoms with van der Waals surface area (Å²) >= 11 is 0. The van der Waals surface area contributed by atoms with Crippen LogP contribution in [0.5, 0.6) is 0 Å². The summed E-state index contributed by atoms with van der Waals surface area (Å²) in [6, 6.07) is 1.48. The van der Waals surface area contributed by atoms with Gasteiger partial charge < -0.3 is 10.8 Å². The molecule has 0 aliphatic rings. The van der Waals surface area contributed by atoms with Gasteiger partial charge in [-0.2, -0.15) is 5.10 Å². The average molecular weight is 141 g/mol. The lowest BCUT2D eigenvalue weighted by Gasteiger charge is -2.06. The smallest absolute Gasteiger partial charge is 0.0701 e. The minimum atomic E-state index is -0.313. The lowest BCUT2D eigenvalue weighted by Crippen LogP contribution is -2.17. The fourth-order valence-electron chi connectivity index (χ4n) is 0.841. The number of aliphatic hydroxyl groups excluding tert-OH is 1. The Morgan fingerprint density at radius 3 is 3.00 bits per heavy atom. The summed E-state index contributed by atoms with van der Waals surface area (Å²) in [5, 5.41) is 12.6. The predicted molar refractivity (Wildman–Crippen MR) is 37.2 cm³/mol. The average Bonchev–Trinajstić information content (AvgIpc) is 2.34. The van der Waals surface area contributed by atoms with Gasteiger partial charge >= 0.3 is 0 Å². The molecule has 4 heteroatoms. The summed E-state index contributed by atoms with van der Waals surface area (Å²) in [4.78, 5) is 0. The molecule has 0 fully saturated rings. The normalized spacial score (nSPS) is 13.5. The Hall–Kier alpha value is -0.870. The molecular weight excluding hydrogens is 130 g/mol. The number of hydrogen-bond acceptors (Lipinski definition) is 3. The van der Waals surface area contributed by atoms with Gasteiger partial charge in [0.15, 0.2) is 0 Å². The van der Waals surface area contributed by atoms with Crippen LogP contribution in [0.2, 0.25) is 0 Å². The van der Waals surface area contributed by atoms with Crippen molar-refractivity contribution in [2.75, 3.05) is 6.61 Å². The van der Waals surface area contributed by atoms with Crippen LogP contribution in [0.25, 0.3) is 0 Å². The molecule has 0 unspecified atom stereocenters. The van der Waals surface area contributed by atoms with Crippen LogP contribution in [-0.2, 0) is 7.05 Å². The SMILES string of the molecule is Cn1nccc1[C@H](N)CO. The van der Waals surface area contributed by atoms with Crippen LogP contribution in [0, 0.1) is 0 Å². The van der Waals surface area contributed by atoms with E-state index >= 15 is 0 Å². The second kappa shape index (κ2) is 2.81. The van der Waals surface area contributed by atoms with Crippen LogP contribution in [0.3, 0.4) is 0 Å². The van der Waals surface area contributed by atoms with E-state index in [-0.39, 0.29) is 12.6 Å². The molecule has 1 heterocycles. The fraction of sp³-hybridized carbons (Fsp3) is 0.500. The molecule has 3 N–H and O–H groups in total. The van der Waals surface area contributed by atoms with E-state index in [1.165, 1.54) is 0 Å². The molecule has 0 radical (unpaired) electrons. The Balaban J connectivity index is 2.82. The van der Waals surface area contributed by atoms with E-state index in [1.807, 2.05) is 0 Å². The molecule has 0 aliphatic heterocycles. The maximum absolute atomic E-state index is 8.66. The highest BCUT2D eigenvalue weighted by Crippen LogP contribution is 2.05. The van der Waals surface area contributed by atoms with E-state index < -0.39 is 0 Å². The highest BCUT2D eigenvalue weighted by atomic mass is 16.3. The van der Waals surface area contributed by atoms with Crippen LogP contribution in [0.15, 0.2) is 12.3 Å². The van der Waals surface area contributed by atoms with E-state index in [2.05, 4.69) is 5.10 Å². The molecule has 0 aliphatic carbocycles. The highest BCUT2D eigenvalue weighted by molar-refractivity contribution is 5.05. The molecule has 1 aromatic heterocycles. The van der Waals surface area contributed by atoms with E-state index in [0.29, 0.717) is 0 Å². The number of nitrogens with two attached hydrogens (primary N) is 1. The van der Waals surface area contributed by atoms with Crippen LogP contribution in [-0.4, -0.2) is 21.5 Å². The van der Waals surface area contributed by atoms with Crippen molar-refractivity contribution in [2.45, 2.75) is 6.04 Å². The lowest BCUT2D eigenvalue weighted by molar-refractivity contribution is 0.263. The fourth-order valence-corrected chi connectivity index (χ4v) is 0.841. The van der Waals surface area contributed by atoms with Gasteiger partial charge in [0.1, 0.15) is 0 Å². The van der Waals surface area contributed by atoms with Crippen molar-refractivity contribution >= 4 is 0 Å². The Bertz CT molecular complexity index is 209. The molecule has 10 heavy (non-hydrogen) atoms. The highest BCUT2D eigenvalue weighted by Gasteiger charge is 2.06. The number of aliphatic hydroxyl groups is 1. The van der Waals surface area contributed by atoms with Crippen molar-refractivity contribution in [3.63, 3.8) is 0 Å². The van der Waals surface area contributed by atoms with Crippen LogP contribution in [0.1, 0.15) is 11.7 Å². The monoisotopic (exact) mass is 141 g/mol. The quantitative estimate of drug-likeness (QED) is 0.578. The van der Waals surface area contributed by atoms with Gasteiger partial charge in [-0.1, -0.05) is 0 Å². The van der Waals surface area contributed by atoms with Gasteiger partial charge in [-0.3, -0.25) is 4.68 Å². The van der Waals surface area contributed by atoms with Crippen molar-refractivity contribution in [1.82, 2.24) is 9.78 Å². The molecule has 0 saturated heterocycles. The molecule has 0 aromatic carbocycles. The predicted octanol–water partition coefficient (Wildman–Crippen LogP) is -0.588. The zero-order valence-electron chi connectivity index (χ0n) is 5.86. The molecule has 0 amide bonds.